The van der Waals surface area contributed by atoms with Crippen LogP contribution in [0.1, 0.15) is 24.8 Å². The van der Waals surface area contributed by atoms with Gasteiger partial charge in [0.25, 0.3) is 0 Å². The van der Waals surface area contributed by atoms with Crippen LogP contribution in [0.15, 0.2) is 18.2 Å². The van der Waals surface area contributed by atoms with Crippen molar-refractivity contribution >= 4 is 5.91 Å². The number of methoxy groups -OCH3 is 2. The van der Waals surface area contributed by atoms with Crippen molar-refractivity contribution in [2.24, 2.45) is 5.92 Å². The van der Waals surface area contributed by atoms with Gasteiger partial charge in [-0.05, 0) is 37.5 Å². The van der Waals surface area contributed by atoms with E-state index in [2.05, 4.69) is 10.6 Å². The Morgan fingerprint density at radius 3 is 2.81 bits per heavy atom. The summed E-state index contributed by atoms with van der Waals surface area (Å²) in [5.41, 5.74) is 0.932. The number of nitrogens with one attached hydrogen (secondary N) is 2. The minimum atomic E-state index is 0.111. The number of hydrogen-bond donors (Lipinski definition) is 2. The Morgan fingerprint density at radius 2 is 2.19 bits per heavy atom. The second-order valence-electron chi connectivity index (χ2n) is 5.79. The largest absolute Gasteiger partial charge is 0.497 e. The summed E-state index contributed by atoms with van der Waals surface area (Å²) in [6.07, 6.45) is 3.29. The maximum absolute atomic E-state index is 12.3. The third kappa shape index (κ3) is 2.83. The van der Waals surface area contributed by atoms with Crippen LogP contribution in [-0.2, 0) is 11.3 Å². The van der Waals surface area contributed by atoms with Crippen LogP contribution < -0.4 is 20.1 Å². The number of benzene rings is 1. The van der Waals surface area contributed by atoms with E-state index in [0.717, 1.165) is 29.9 Å². The molecule has 2 bridgehead atoms. The van der Waals surface area contributed by atoms with Crippen molar-refractivity contribution < 1.29 is 14.3 Å². The molecular formula is C16H22N2O3. The van der Waals surface area contributed by atoms with Crippen LogP contribution >= 0.6 is 0 Å². The second kappa shape index (κ2) is 5.93. The summed E-state index contributed by atoms with van der Waals surface area (Å²) in [5.74, 6) is 1.78. The zero-order chi connectivity index (χ0) is 14.8. The van der Waals surface area contributed by atoms with Gasteiger partial charge in [-0.1, -0.05) is 0 Å². The lowest BCUT2D eigenvalue weighted by atomic mass is 9.88. The highest BCUT2D eigenvalue weighted by molar-refractivity contribution is 5.80. The number of carbonyl (C=O) groups excluding carboxylic acids is 1. The first-order valence-corrected chi connectivity index (χ1v) is 7.46. The van der Waals surface area contributed by atoms with Gasteiger partial charge >= 0.3 is 0 Å². The molecule has 5 heteroatoms. The van der Waals surface area contributed by atoms with Crippen LogP contribution in [0.4, 0.5) is 0 Å². The van der Waals surface area contributed by atoms with E-state index >= 15 is 0 Å². The van der Waals surface area contributed by atoms with Crippen LogP contribution in [0, 0.1) is 5.92 Å². The van der Waals surface area contributed by atoms with E-state index < -0.39 is 0 Å². The van der Waals surface area contributed by atoms with Crippen molar-refractivity contribution in [3.63, 3.8) is 0 Å². The van der Waals surface area contributed by atoms with Gasteiger partial charge < -0.3 is 20.1 Å². The first-order chi connectivity index (χ1) is 10.2. The van der Waals surface area contributed by atoms with Gasteiger partial charge in [-0.2, -0.15) is 0 Å². The SMILES string of the molecule is COc1ccc(OC)c(CNC(=O)C2CC3CCC2N3)c1. The third-order valence-corrected chi connectivity index (χ3v) is 4.58. The number of hydrogen-bond acceptors (Lipinski definition) is 4. The molecule has 1 aromatic rings. The van der Waals surface area contributed by atoms with E-state index in [4.69, 9.17) is 9.47 Å². The van der Waals surface area contributed by atoms with Crippen LogP contribution in [0.3, 0.4) is 0 Å². The molecule has 2 saturated heterocycles. The standard InChI is InChI=1S/C16H22N2O3/c1-20-12-4-6-15(21-2)10(7-12)9-17-16(19)13-8-11-3-5-14(13)18-11/h4,6-7,11,13-14,18H,3,5,8-9H2,1-2H3,(H,17,19). The molecule has 5 nitrogen and oxygen atoms in total. The average molecular weight is 290 g/mol. The molecule has 0 aliphatic carbocycles. The molecule has 3 rings (SSSR count). The van der Waals surface area contributed by atoms with E-state index in [1.165, 1.54) is 6.42 Å². The monoisotopic (exact) mass is 290 g/mol. The summed E-state index contributed by atoms with van der Waals surface area (Å²) in [4.78, 5) is 12.3. The Morgan fingerprint density at radius 1 is 1.33 bits per heavy atom. The molecule has 0 saturated carbocycles. The molecule has 1 amide bonds. The lowest BCUT2D eigenvalue weighted by Gasteiger charge is -2.20. The van der Waals surface area contributed by atoms with E-state index in [0.29, 0.717) is 18.6 Å². The number of rotatable bonds is 5. The van der Waals surface area contributed by atoms with Gasteiger partial charge in [0.15, 0.2) is 0 Å². The van der Waals surface area contributed by atoms with Gasteiger partial charge in [-0.25, -0.2) is 0 Å². The summed E-state index contributed by atoms with van der Waals surface area (Å²) in [6.45, 7) is 0.465. The number of ether oxygens (including phenoxy) is 2. The lowest BCUT2D eigenvalue weighted by Crippen LogP contribution is -2.37. The lowest BCUT2D eigenvalue weighted by molar-refractivity contribution is -0.125. The van der Waals surface area contributed by atoms with Crippen LogP contribution in [-0.4, -0.2) is 32.2 Å². The fraction of sp³-hybridized carbons (Fsp3) is 0.562. The third-order valence-electron chi connectivity index (χ3n) is 4.58. The smallest absolute Gasteiger partial charge is 0.225 e. The Labute approximate surface area is 125 Å². The Bertz CT molecular complexity index is 532. The highest BCUT2D eigenvalue weighted by Crippen LogP contribution is 2.33. The number of carbonyl (C=O) groups is 1. The molecule has 21 heavy (non-hydrogen) atoms. The van der Waals surface area contributed by atoms with Gasteiger partial charge in [0.1, 0.15) is 11.5 Å². The minimum Gasteiger partial charge on any atom is -0.497 e. The zero-order valence-electron chi connectivity index (χ0n) is 12.5. The highest BCUT2D eigenvalue weighted by Gasteiger charge is 2.42. The first kappa shape index (κ1) is 14.2. The Balaban J connectivity index is 1.63. The van der Waals surface area contributed by atoms with Crippen molar-refractivity contribution in [2.45, 2.75) is 37.9 Å². The molecule has 114 valence electrons. The predicted molar refractivity (Wildman–Crippen MR) is 79.4 cm³/mol. The van der Waals surface area contributed by atoms with E-state index in [9.17, 15) is 4.79 Å². The summed E-state index contributed by atoms with van der Waals surface area (Å²) >= 11 is 0. The summed E-state index contributed by atoms with van der Waals surface area (Å²) < 4.78 is 10.6. The molecule has 3 unspecified atom stereocenters. The van der Waals surface area contributed by atoms with Crippen LogP contribution in [0.25, 0.3) is 0 Å². The molecule has 2 heterocycles. The van der Waals surface area contributed by atoms with Crippen molar-refractivity contribution in [3.8, 4) is 11.5 Å². The van der Waals surface area contributed by atoms with Crippen molar-refractivity contribution in [2.75, 3.05) is 14.2 Å². The molecular weight excluding hydrogens is 268 g/mol. The summed E-state index contributed by atoms with van der Waals surface area (Å²) in [5, 5.41) is 6.53. The average Bonchev–Trinajstić information content (AvgIpc) is 3.15. The maximum atomic E-state index is 12.3. The maximum Gasteiger partial charge on any atom is 0.225 e. The van der Waals surface area contributed by atoms with Crippen molar-refractivity contribution in [1.82, 2.24) is 10.6 Å². The fourth-order valence-corrected chi connectivity index (χ4v) is 3.45. The van der Waals surface area contributed by atoms with E-state index in [-0.39, 0.29) is 11.8 Å². The summed E-state index contributed by atoms with van der Waals surface area (Å²) in [6, 6.07) is 6.51. The van der Waals surface area contributed by atoms with E-state index in [1.54, 1.807) is 14.2 Å². The Kier molecular flexibility index (Phi) is 4.01. The van der Waals surface area contributed by atoms with Gasteiger partial charge in [-0.3, -0.25) is 4.79 Å². The molecule has 0 aromatic heterocycles. The molecule has 2 fully saturated rings. The minimum absolute atomic E-state index is 0.111. The molecule has 0 spiro atoms. The number of fused-ring (bicyclic) bond motifs is 2. The molecule has 2 aliphatic heterocycles. The molecule has 2 aliphatic rings. The highest BCUT2D eigenvalue weighted by atomic mass is 16.5. The fourth-order valence-electron chi connectivity index (χ4n) is 3.45. The Hall–Kier alpha value is -1.75. The van der Waals surface area contributed by atoms with Gasteiger partial charge in [-0.15, -0.1) is 0 Å². The van der Waals surface area contributed by atoms with Crippen LogP contribution in [0.5, 0.6) is 11.5 Å². The predicted octanol–water partition coefficient (Wildman–Crippen LogP) is 1.46. The number of amides is 1. The van der Waals surface area contributed by atoms with Gasteiger partial charge in [0, 0.05) is 24.2 Å². The van der Waals surface area contributed by atoms with Crippen LogP contribution in [0.2, 0.25) is 0 Å². The molecule has 0 radical (unpaired) electrons. The zero-order valence-corrected chi connectivity index (χ0v) is 12.5. The second-order valence-corrected chi connectivity index (χ2v) is 5.79. The molecule has 2 N–H and O–H groups in total. The topological polar surface area (TPSA) is 59.6 Å². The first-order valence-electron chi connectivity index (χ1n) is 7.46. The van der Waals surface area contributed by atoms with Crippen molar-refractivity contribution in [3.05, 3.63) is 23.8 Å². The van der Waals surface area contributed by atoms with E-state index in [1.807, 2.05) is 18.2 Å². The van der Waals surface area contributed by atoms with Crippen molar-refractivity contribution in [1.29, 1.82) is 0 Å². The molecule has 1 aromatic carbocycles. The van der Waals surface area contributed by atoms with Gasteiger partial charge in [0.2, 0.25) is 5.91 Å². The normalized spacial score (nSPS) is 26.7. The molecule has 3 atom stereocenters. The quantitative estimate of drug-likeness (QED) is 0.862. The summed E-state index contributed by atoms with van der Waals surface area (Å²) in [7, 11) is 3.26. The van der Waals surface area contributed by atoms with Gasteiger partial charge in [0.05, 0.1) is 20.1 Å².